The number of nitrogens with zero attached hydrogens (tertiary/aromatic N) is 1. The van der Waals surface area contributed by atoms with E-state index in [0.29, 0.717) is 11.7 Å². The molecule has 7 heteroatoms. The third-order valence-corrected chi connectivity index (χ3v) is 5.95. The number of hydrogen-bond acceptors (Lipinski definition) is 5. The minimum Gasteiger partial charge on any atom is -0.477 e. The van der Waals surface area contributed by atoms with Gasteiger partial charge < -0.3 is 10.8 Å². The smallest absolute Gasteiger partial charge is 0.354 e. The Morgan fingerprint density at radius 3 is 2.76 bits per heavy atom. The highest BCUT2D eigenvalue weighted by Gasteiger charge is 2.49. The molecule has 0 spiro atoms. The number of carboxylic acid groups (broad SMARTS) is 1. The molecule has 92 valence electrons. The second-order valence-corrected chi connectivity index (χ2v) is 7.21. The second-order valence-electron chi connectivity index (χ2n) is 4.45. The normalized spacial score (nSPS) is 35.5. The summed E-state index contributed by atoms with van der Waals surface area (Å²) in [6, 6.07) is 0.256. The number of nitrogens with two attached hydrogens (primary N) is 1. The van der Waals surface area contributed by atoms with Crippen LogP contribution in [0.25, 0.3) is 0 Å². The van der Waals surface area contributed by atoms with E-state index < -0.39 is 5.97 Å². The number of carboxylic acids is 1. The van der Waals surface area contributed by atoms with Crippen LogP contribution in [0.3, 0.4) is 0 Å². The third kappa shape index (κ3) is 1.76. The highest BCUT2D eigenvalue weighted by atomic mass is 32.2. The molecular weight excluding hydrogens is 260 g/mol. The molecule has 1 atom stereocenters. The van der Waals surface area contributed by atoms with Gasteiger partial charge in [-0.1, -0.05) is 11.8 Å². The van der Waals surface area contributed by atoms with Gasteiger partial charge in [0.05, 0.1) is 16.0 Å². The predicted octanol–water partition coefficient (Wildman–Crippen LogP) is 0.768. The molecule has 2 aliphatic heterocycles. The molecule has 3 N–H and O–H groups in total. The molecule has 1 saturated carbocycles. The first-order valence-corrected chi connectivity index (χ1v) is 7.20. The van der Waals surface area contributed by atoms with E-state index >= 15 is 0 Å². The van der Waals surface area contributed by atoms with Crippen LogP contribution < -0.4 is 5.73 Å². The molecular formula is C10H12N2O3S2. The topological polar surface area (TPSA) is 83.6 Å². The van der Waals surface area contributed by atoms with E-state index in [1.54, 1.807) is 11.8 Å². The third-order valence-electron chi connectivity index (χ3n) is 3.19. The molecule has 0 radical (unpaired) electrons. The molecule has 1 aliphatic carbocycles. The van der Waals surface area contributed by atoms with Crippen molar-refractivity contribution in [2.45, 2.75) is 35.9 Å². The van der Waals surface area contributed by atoms with Gasteiger partial charge in [-0.3, -0.25) is 9.69 Å². The van der Waals surface area contributed by atoms with E-state index in [2.05, 4.69) is 0 Å². The first-order valence-electron chi connectivity index (χ1n) is 5.45. The predicted molar refractivity (Wildman–Crippen MR) is 66.1 cm³/mol. The lowest BCUT2D eigenvalue weighted by molar-refractivity contribution is -0.145. The van der Waals surface area contributed by atoms with Gasteiger partial charge in [-0.05, 0) is 12.8 Å². The minimum absolute atomic E-state index is 0.0184. The Hall–Kier alpha value is -0.660. The molecule has 2 fully saturated rings. The average molecular weight is 272 g/mol. The number of carbonyl (C=O) groups is 2. The van der Waals surface area contributed by atoms with E-state index in [9.17, 15) is 14.7 Å². The van der Waals surface area contributed by atoms with Crippen molar-refractivity contribution < 1.29 is 14.7 Å². The number of fused-ring (bicyclic) bond motifs is 1. The lowest BCUT2D eigenvalue weighted by Crippen LogP contribution is -2.48. The van der Waals surface area contributed by atoms with Crippen LogP contribution in [0.4, 0.5) is 0 Å². The second kappa shape index (κ2) is 3.93. The van der Waals surface area contributed by atoms with Gasteiger partial charge >= 0.3 is 5.97 Å². The summed E-state index contributed by atoms with van der Waals surface area (Å²) in [6.45, 7) is 0. The molecule has 0 unspecified atom stereocenters. The van der Waals surface area contributed by atoms with Gasteiger partial charge in [0.1, 0.15) is 0 Å². The first-order chi connectivity index (χ1) is 8.06. The summed E-state index contributed by atoms with van der Waals surface area (Å²) in [5, 5.41) is 9.61. The van der Waals surface area contributed by atoms with E-state index in [1.807, 2.05) is 0 Å². The van der Waals surface area contributed by atoms with Crippen molar-refractivity contribution in [3.63, 3.8) is 0 Å². The minimum atomic E-state index is -1.00. The first kappa shape index (κ1) is 11.4. The van der Waals surface area contributed by atoms with Crippen LogP contribution >= 0.6 is 23.5 Å². The van der Waals surface area contributed by atoms with Crippen LogP contribution in [-0.4, -0.2) is 38.5 Å². The number of hydrogen-bond donors (Lipinski definition) is 2. The molecule has 1 amide bonds. The quantitative estimate of drug-likeness (QED) is 0.738. The number of aliphatic carboxylic acids is 1. The summed E-state index contributed by atoms with van der Waals surface area (Å²) < 4.78 is 0.783. The average Bonchev–Trinajstić information content (AvgIpc) is 2.49. The van der Waals surface area contributed by atoms with Gasteiger partial charge in [0, 0.05) is 11.3 Å². The van der Waals surface area contributed by atoms with E-state index in [0.717, 1.165) is 17.1 Å². The Morgan fingerprint density at radius 1 is 1.53 bits per heavy atom. The Labute approximate surface area is 107 Å². The van der Waals surface area contributed by atoms with Crippen LogP contribution in [0.1, 0.15) is 19.3 Å². The zero-order valence-electron chi connectivity index (χ0n) is 8.96. The van der Waals surface area contributed by atoms with E-state index in [-0.39, 0.29) is 23.0 Å². The maximum absolute atomic E-state index is 11.4. The molecule has 0 aromatic heterocycles. The van der Waals surface area contributed by atoms with Gasteiger partial charge in [0.2, 0.25) is 5.91 Å². The van der Waals surface area contributed by atoms with Crippen molar-refractivity contribution in [2.24, 2.45) is 5.73 Å². The molecule has 1 saturated heterocycles. The molecule has 0 aromatic rings. The van der Waals surface area contributed by atoms with Crippen LogP contribution in [-0.2, 0) is 9.59 Å². The van der Waals surface area contributed by atoms with Crippen LogP contribution in [0.2, 0.25) is 0 Å². The van der Waals surface area contributed by atoms with Gasteiger partial charge in [-0.2, -0.15) is 0 Å². The number of amides is 1. The fraction of sp³-hybridized carbons (Fsp3) is 0.600. The zero-order valence-corrected chi connectivity index (χ0v) is 10.6. The van der Waals surface area contributed by atoms with Crippen molar-refractivity contribution in [1.82, 2.24) is 4.90 Å². The molecule has 17 heavy (non-hydrogen) atoms. The molecule has 0 aromatic carbocycles. The molecule has 3 rings (SSSR count). The van der Waals surface area contributed by atoms with Crippen LogP contribution in [0.15, 0.2) is 9.93 Å². The van der Waals surface area contributed by atoms with E-state index in [1.165, 1.54) is 16.7 Å². The summed E-state index contributed by atoms with van der Waals surface area (Å²) in [4.78, 5) is 24.0. The molecule has 3 aliphatic rings. The summed E-state index contributed by atoms with van der Waals surface area (Å²) in [5.41, 5.74) is 5.89. The Bertz CT molecular complexity index is 431. The molecule has 0 bridgehead atoms. The van der Waals surface area contributed by atoms with Crippen molar-refractivity contribution in [1.29, 1.82) is 0 Å². The molecule has 5 nitrogen and oxygen atoms in total. The lowest BCUT2D eigenvalue weighted by Gasteiger charge is -2.33. The summed E-state index contributed by atoms with van der Waals surface area (Å²) in [7, 11) is 0. The Morgan fingerprint density at radius 2 is 2.24 bits per heavy atom. The number of carbonyl (C=O) groups excluding carboxylic acids is 1. The fourth-order valence-electron chi connectivity index (χ4n) is 2.16. The van der Waals surface area contributed by atoms with Gasteiger partial charge in [0.15, 0.2) is 5.70 Å². The zero-order chi connectivity index (χ0) is 12.2. The van der Waals surface area contributed by atoms with Crippen LogP contribution in [0.5, 0.6) is 0 Å². The van der Waals surface area contributed by atoms with Gasteiger partial charge in [-0.25, -0.2) is 4.79 Å². The van der Waals surface area contributed by atoms with Crippen molar-refractivity contribution >= 4 is 35.4 Å². The molecule has 2 heterocycles. The summed E-state index contributed by atoms with van der Waals surface area (Å²) >= 11 is 3.08. The summed E-state index contributed by atoms with van der Waals surface area (Å²) in [6.07, 6.45) is 2.32. The van der Waals surface area contributed by atoms with E-state index in [4.69, 9.17) is 5.73 Å². The SMILES string of the molecule is NC1CC(SC2=C(C(=O)O)N3C(=O)C[C@H]3S2)C1. The largest absolute Gasteiger partial charge is 0.477 e. The summed E-state index contributed by atoms with van der Waals surface area (Å²) in [5.74, 6) is -1.08. The van der Waals surface area contributed by atoms with Crippen molar-refractivity contribution in [2.75, 3.05) is 0 Å². The Kier molecular flexibility index (Phi) is 2.64. The van der Waals surface area contributed by atoms with Crippen molar-refractivity contribution in [3.05, 3.63) is 9.93 Å². The lowest BCUT2D eigenvalue weighted by atomic mass is 9.94. The maximum atomic E-state index is 11.4. The van der Waals surface area contributed by atoms with Gasteiger partial charge in [-0.15, -0.1) is 11.8 Å². The van der Waals surface area contributed by atoms with Crippen LogP contribution in [0, 0.1) is 0 Å². The highest BCUT2D eigenvalue weighted by molar-refractivity contribution is 8.23. The number of rotatable bonds is 3. The Balaban J connectivity index is 1.77. The van der Waals surface area contributed by atoms with Gasteiger partial charge in [0.25, 0.3) is 0 Å². The maximum Gasteiger partial charge on any atom is 0.354 e. The standard InChI is InChI=1S/C10H12N2O3S2/c11-4-1-5(2-4)16-10-8(9(14)15)12-6(13)3-7(12)17-10/h4-5,7H,1-3,11H2,(H,14,15)/t4?,5?,7-/m1/s1. The van der Waals surface area contributed by atoms with Crippen molar-refractivity contribution in [3.8, 4) is 0 Å². The number of β-lactam (4-membered cyclic amide) rings is 1. The number of thioether (sulfide) groups is 2. The monoisotopic (exact) mass is 272 g/mol. The fourth-order valence-corrected chi connectivity index (χ4v) is 5.51. The highest BCUT2D eigenvalue weighted by Crippen LogP contribution is 2.53.